The highest BCUT2D eigenvalue weighted by Crippen LogP contribution is 2.19. The highest BCUT2D eigenvalue weighted by molar-refractivity contribution is 5.85. The number of esters is 1. The van der Waals surface area contributed by atoms with Gasteiger partial charge in [-0.1, -0.05) is 13.3 Å². The fourth-order valence-corrected chi connectivity index (χ4v) is 3.43. The Balaban J connectivity index is 2.72. The van der Waals surface area contributed by atoms with E-state index in [-0.39, 0.29) is 29.9 Å². The Hall–Kier alpha value is -1.27. The Kier molecular flexibility index (Phi) is 11.5. The van der Waals surface area contributed by atoms with Crippen molar-refractivity contribution in [2.24, 2.45) is 5.92 Å². The highest BCUT2D eigenvalue weighted by atomic mass is 16.6. The molecule has 1 rings (SSSR count). The van der Waals surface area contributed by atoms with Crippen molar-refractivity contribution in [2.75, 3.05) is 32.7 Å². The molecular formula is C22H40N2O4. The van der Waals surface area contributed by atoms with E-state index in [9.17, 15) is 14.4 Å². The molecule has 1 N–H and O–H groups in total. The zero-order valence-electron chi connectivity index (χ0n) is 18.3. The average Bonchev–Trinajstić information content (AvgIpc) is 2.61. The summed E-state index contributed by atoms with van der Waals surface area (Å²) in [7, 11) is 0. The molecule has 0 bridgehead atoms. The van der Waals surface area contributed by atoms with Crippen molar-refractivity contribution in [2.45, 2.75) is 84.7 Å². The second-order valence-corrected chi connectivity index (χ2v) is 8.84. The summed E-state index contributed by atoms with van der Waals surface area (Å²) in [5.41, 5.74) is -0.505. The molecule has 0 aliphatic carbocycles. The lowest BCUT2D eigenvalue weighted by molar-refractivity contribution is -0.155. The molecule has 1 saturated heterocycles. The van der Waals surface area contributed by atoms with Crippen LogP contribution in [0.25, 0.3) is 0 Å². The Morgan fingerprint density at radius 2 is 1.82 bits per heavy atom. The Morgan fingerprint density at radius 3 is 2.46 bits per heavy atom. The van der Waals surface area contributed by atoms with E-state index in [4.69, 9.17) is 4.74 Å². The maximum Gasteiger partial charge on any atom is 0.306 e. The van der Waals surface area contributed by atoms with Crippen molar-refractivity contribution in [3.63, 3.8) is 0 Å². The van der Waals surface area contributed by atoms with E-state index in [0.717, 1.165) is 51.7 Å². The standard InChI is InChI=1S/C22H40N2O4/c1-5-19(25)16-24-15-9-8-14-23-13-7-6-10-18(20(26)17-24)11-12-21(27)28-22(2,3)4/h18,23H,5-17H2,1-4H3/t18-/m1/s1. The van der Waals surface area contributed by atoms with E-state index < -0.39 is 5.60 Å². The fraction of sp³-hybridized carbons (Fsp3) is 0.864. The summed E-state index contributed by atoms with van der Waals surface area (Å²) in [6, 6.07) is 0. The summed E-state index contributed by atoms with van der Waals surface area (Å²) >= 11 is 0. The van der Waals surface area contributed by atoms with Crippen molar-refractivity contribution in [1.29, 1.82) is 0 Å². The van der Waals surface area contributed by atoms with Crippen LogP contribution in [0.4, 0.5) is 0 Å². The Labute approximate surface area is 170 Å². The SMILES string of the molecule is CCC(=O)CN1CCCCNCCCC[C@H](CCC(=O)OC(C)(C)C)C(=O)C1. The number of carbonyl (C=O) groups excluding carboxylic acids is 3. The number of ether oxygens (including phenoxy) is 1. The van der Waals surface area contributed by atoms with Gasteiger partial charge in [0.25, 0.3) is 0 Å². The van der Waals surface area contributed by atoms with E-state index in [1.54, 1.807) is 0 Å². The minimum atomic E-state index is -0.505. The highest BCUT2D eigenvalue weighted by Gasteiger charge is 2.24. The predicted molar refractivity (Wildman–Crippen MR) is 111 cm³/mol. The molecule has 6 heteroatoms. The van der Waals surface area contributed by atoms with Gasteiger partial charge in [0.2, 0.25) is 0 Å². The molecule has 6 nitrogen and oxygen atoms in total. The smallest absolute Gasteiger partial charge is 0.306 e. The molecule has 1 heterocycles. The Bertz CT molecular complexity index is 499. The van der Waals surface area contributed by atoms with Gasteiger partial charge in [0.15, 0.2) is 0 Å². The average molecular weight is 397 g/mol. The van der Waals surface area contributed by atoms with Gasteiger partial charge in [0.05, 0.1) is 13.1 Å². The molecular weight excluding hydrogens is 356 g/mol. The minimum absolute atomic E-state index is 0.146. The van der Waals surface area contributed by atoms with E-state index in [1.807, 2.05) is 32.6 Å². The third kappa shape index (κ3) is 11.5. The van der Waals surface area contributed by atoms with Crippen molar-refractivity contribution in [3.05, 3.63) is 0 Å². The van der Waals surface area contributed by atoms with Crippen LogP contribution in [0.2, 0.25) is 0 Å². The lowest BCUT2D eigenvalue weighted by Crippen LogP contribution is -2.37. The van der Waals surface area contributed by atoms with Crippen LogP contribution in [0.15, 0.2) is 0 Å². The number of Topliss-reactive ketones (excluding diaryl/α,β-unsaturated/α-hetero) is 2. The summed E-state index contributed by atoms with van der Waals surface area (Å²) in [4.78, 5) is 39.0. The van der Waals surface area contributed by atoms with Crippen LogP contribution in [-0.2, 0) is 19.1 Å². The summed E-state index contributed by atoms with van der Waals surface area (Å²) in [5.74, 6) is -0.0735. The first-order chi connectivity index (χ1) is 13.2. The normalized spacial score (nSPS) is 21.3. The first kappa shape index (κ1) is 24.8. The molecule has 0 aromatic carbocycles. The number of hydrogen-bond donors (Lipinski definition) is 1. The van der Waals surface area contributed by atoms with Gasteiger partial charge in [-0.15, -0.1) is 0 Å². The predicted octanol–water partition coefficient (Wildman–Crippen LogP) is 3.13. The van der Waals surface area contributed by atoms with Crippen LogP contribution in [0, 0.1) is 5.92 Å². The zero-order chi connectivity index (χ0) is 21.0. The van der Waals surface area contributed by atoms with E-state index >= 15 is 0 Å². The largest absolute Gasteiger partial charge is 0.460 e. The van der Waals surface area contributed by atoms with Crippen molar-refractivity contribution in [1.82, 2.24) is 10.2 Å². The van der Waals surface area contributed by atoms with E-state index in [2.05, 4.69) is 5.32 Å². The van der Waals surface area contributed by atoms with Crippen molar-refractivity contribution in [3.8, 4) is 0 Å². The maximum absolute atomic E-state index is 13.0. The number of hydrogen-bond acceptors (Lipinski definition) is 6. The van der Waals surface area contributed by atoms with Crippen LogP contribution in [0.5, 0.6) is 0 Å². The van der Waals surface area contributed by atoms with Gasteiger partial charge < -0.3 is 10.1 Å². The molecule has 0 aromatic rings. The van der Waals surface area contributed by atoms with Gasteiger partial charge in [-0.05, 0) is 72.5 Å². The van der Waals surface area contributed by atoms with Crippen LogP contribution >= 0.6 is 0 Å². The fourth-order valence-electron chi connectivity index (χ4n) is 3.43. The van der Waals surface area contributed by atoms with Crippen LogP contribution in [-0.4, -0.2) is 60.8 Å². The number of carbonyl (C=O) groups is 3. The van der Waals surface area contributed by atoms with Crippen LogP contribution < -0.4 is 5.32 Å². The summed E-state index contributed by atoms with van der Waals surface area (Å²) < 4.78 is 5.39. The number of ketones is 2. The maximum atomic E-state index is 13.0. The van der Waals surface area contributed by atoms with Gasteiger partial charge in [0.1, 0.15) is 17.2 Å². The Morgan fingerprint density at radius 1 is 1.14 bits per heavy atom. The molecule has 0 unspecified atom stereocenters. The van der Waals surface area contributed by atoms with Crippen LogP contribution in [0.3, 0.4) is 0 Å². The first-order valence-electron chi connectivity index (χ1n) is 10.9. The van der Waals surface area contributed by atoms with Crippen molar-refractivity contribution >= 4 is 17.5 Å². The molecule has 0 aromatic heterocycles. The van der Waals surface area contributed by atoms with Crippen LogP contribution in [0.1, 0.15) is 79.1 Å². The lowest BCUT2D eigenvalue weighted by Gasteiger charge is -2.24. The molecule has 0 spiro atoms. The molecule has 28 heavy (non-hydrogen) atoms. The molecule has 0 saturated carbocycles. The molecule has 0 radical (unpaired) electrons. The molecule has 162 valence electrons. The summed E-state index contributed by atoms with van der Waals surface area (Å²) in [6.07, 6.45) is 6.09. The number of nitrogens with zero attached hydrogens (tertiary/aromatic N) is 1. The summed E-state index contributed by atoms with van der Waals surface area (Å²) in [6.45, 7) is 10.8. The quantitative estimate of drug-likeness (QED) is 0.695. The molecule has 1 atom stereocenters. The van der Waals surface area contributed by atoms with Gasteiger partial charge >= 0.3 is 5.97 Å². The third-order valence-electron chi connectivity index (χ3n) is 4.98. The molecule has 1 fully saturated rings. The first-order valence-corrected chi connectivity index (χ1v) is 10.9. The second-order valence-electron chi connectivity index (χ2n) is 8.84. The number of rotatable bonds is 6. The monoisotopic (exact) mass is 396 g/mol. The second kappa shape index (κ2) is 13.0. The minimum Gasteiger partial charge on any atom is -0.460 e. The van der Waals surface area contributed by atoms with E-state index in [0.29, 0.717) is 25.9 Å². The van der Waals surface area contributed by atoms with Crippen molar-refractivity contribution < 1.29 is 19.1 Å². The van der Waals surface area contributed by atoms with Gasteiger partial charge in [0, 0.05) is 18.8 Å². The summed E-state index contributed by atoms with van der Waals surface area (Å²) in [5, 5.41) is 3.45. The molecule has 0 amide bonds. The molecule has 1 aliphatic heterocycles. The zero-order valence-corrected chi connectivity index (χ0v) is 18.3. The van der Waals surface area contributed by atoms with Gasteiger partial charge in [-0.25, -0.2) is 0 Å². The molecule has 1 aliphatic rings. The van der Waals surface area contributed by atoms with Gasteiger partial charge in [-0.2, -0.15) is 0 Å². The number of nitrogens with one attached hydrogen (secondary N) is 1. The lowest BCUT2D eigenvalue weighted by atomic mass is 9.92. The topological polar surface area (TPSA) is 75.7 Å². The van der Waals surface area contributed by atoms with E-state index in [1.165, 1.54) is 0 Å². The third-order valence-corrected chi connectivity index (χ3v) is 4.98. The van der Waals surface area contributed by atoms with Gasteiger partial charge in [-0.3, -0.25) is 19.3 Å².